The zero-order valence-electron chi connectivity index (χ0n) is 10.7. The van der Waals surface area contributed by atoms with Gasteiger partial charge in [0.2, 0.25) is 0 Å². The first-order valence-corrected chi connectivity index (χ1v) is 6.00. The molecule has 6 heteroatoms. The number of carbonyl (C=O) groups is 2. The van der Waals surface area contributed by atoms with Crippen LogP contribution in [0.5, 0.6) is 0 Å². The van der Waals surface area contributed by atoms with E-state index in [9.17, 15) is 18.4 Å². The normalized spacial score (nSPS) is 14.5. The van der Waals surface area contributed by atoms with E-state index in [2.05, 4.69) is 5.32 Å². The summed E-state index contributed by atoms with van der Waals surface area (Å²) < 4.78 is 26.2. The standard InChI is InChI=1S/C13H14F2N2O2/c1-7(2)16-3-4-17-12(18)8-5-10(14)11(15)6-9(8)13(17)19/h5-7,16H,3-4H2,1-2H3. The van der Waals surface area contributed by atoms with E-state index in [1.165, 1.54) is 0 Å². The lowest BCUT2D eigenvalue weighted by Crippen LogP contribution is -2.38. The molecule has 0 fully saturated rings. The highest BCUT2D eigenvalue weighted by molar-refractivity contribution is 6.21. The van der Waals surface area contributed by atoms with Crippen LogP contribution in [0.2, 0.25) is 0 Å². The summed E-state index contributed by atoms with van der Waals surface area (Å²) in [6.07, 6.45) is 0. The molecular weight excluding hydrogens is 254 g/mol. The number of hydrogen-bond donors (Lipinski definition) is 1. The SMILES string of the molecule is CC(C)NCCN1C(=O)c2cc(F)c(F)cc2C1=O. The molecule has 2 rings (SSSR count). The van der Waals surface area contributed by atoms with Crippen molar-refractivity contribution < 1.29 is 18.4 Å². The minimum atomic E-state index is -1.12. The van der Waals surface area contributed by atoms with Gasteiger partial charge in [0.1, 0.15) is 0 Å². The van der Waals surface area contributed by atoms with Gasteiger partial charge in [0.15, 0.2) is 11.6 Å². The van der Waals surface area contributed by atoms with E-state index >= 15 is 0 Å². The van der Waals surface area contributed by atoms with E-state index in [-0.39, 0.29) is 23.7 Å². The van der Waals surface area contributed by atoms with Gasteiger partial charge in [0.05, 0.1) is 11.1 Å². The van der Waals surface area contributed by atoms with E-state index in [0.29, 0.717) is 6.54 Å². The maximum Gasteiger partial charge on any atom is 0.261 e. The molecule has 4 nitrogen and oxygen atoms in total. The Morgan fingerprint density at radius 1 is 1.11 bits per heavy atom. The molecule has 1 N–H and O–H groups in total. The molecule has 102 valence electrons. The van der Waals surface area contributed by atoms with Gasteiger partial charge in [0.25, 0.3) is 11.8 Å². The largest absolute Gasteiger partial charge is 0.313 e. The van der Waals surface area contributed by atoms with Gasteiger partial charge in [-0.2, -0.15) is 0 Å². The van der Waals surface area contributed by atoms with Crippen molar-refractivity contribution in [1.82, 2.24) is 10.2 Å². The van der Waals surface area contributed by atoms with Crippen LogP contribution in [-0.4, -0.2) is 35.8 Å². The lowest BCUT2D eigenvalue weighted by atomic mass is 10.1. The summed E-state index contributed by atoms with van der Waals surface area (Å²) in [5.74, 6) is -3.40. The molecule has 19 heavy (non-hydrogen) atoms. The summed E-state index contributed by atoms with van der Waals surface area (Å²) >= 11 is 0. The molecule has 0 saturated carbocycles. The van der Waals surface area contributed by atoms with Crippen molar-refractivity contribution in [3.63, 3.8) is 0 Å². The third kappa shape index (κ3) is 2.49. The molecule has 0 spiro atoms. The van der Waals surface area contributed by atoms with Crippen molar-refractivity contribution >= 4 is 11.8 Å². The lowest BCUT2D eigenvalue weighted by Gasteiger charge is -2.15. The molecule has 0 unspecified atom stereocenters. The molecule has 2 amide bonds. The van der Waals surface area contributed by atoms with Crippen LogP contribution in [0.3, 0.4) is 0 Å². The number of nitrogens with one attached hydrogen (secondary N) is 1. The molecule has 1 aliphatic heterocycles. The molecular formula is C13H14F2N2O2. The summed E-state index contributed by atoms with van der Waals surface area (Å²) in [7, 11) is 0. The molecule has 1 aromatic rings. The molecule has 0 atom stereocenters. The van der Waals surface area contributed by atoms with Crippen LogP contribution >= 0.6 is 0 Å². The fourth-order valence-electron chi connectivity index (χ4n) is 1.95. The number of carbonyl (C=O) groups excluding carboxylic acids is 2. The van der Waals surface area contributed by atoms with Crippen molar-refractivity contribution in [1.29, 1.82) is 0 Å². The van der Waals surface area contributed by atoms with Crippen LogP contribution in [0.4, 0.5) is 8.78 Å². The highest BCUT2D eigenvalue weighted by Gasteiger charge is 2.36. The second-order valence-corrected chi connectivity index (χ2v) is 4.68. The Hall–Kier alpha value is -1.82. The average Bonchev–Trinajstić information content (AvgIpc) is 2.55. The number of amides is 2. The summed E-state index contributed by atoms with van der Waals surface area (Å²) in [6.45, 7) is 4.49. The molecule has 0 radical (unpaired) electrons. The zero-order chi connectivity index (χ0) is 14.2. The van der Waals surface area contributed by atoms with E-state index in [1.54, 1.807) is 0 Å². The number of rotatable bonds is 4. The molecule has 1 heterocycles. The first kappa shape index (κ1) is 13.6. The van der Waals surface area contributed by atoms with Gasteiger partial charge >= 0.3 is 0 Å². The van der Waals surface area contributed by atoms with Crippen LogP contribution in [0, 0.1) is 11.6 Å². The molecule has 0 aromatic heterocycles. The Morgan fingerprint density at radius 2 is 1.58 bits per heavy atom. The third-order valence-corrected chi connectivity index (χ3v) is 2.90. The Balaban J connectivity index is 2.19. The van der Waals surface area contributed by atoms with Gasteiger partial charge in [-0.25, -0.2) is 8.78 Å². The van der Waals surface area contributed by atoms with Crippen LogP contribution in [0.15, 0.2) is 12.1 Å². The van der Waals surface area contributed by atoms with Crippen LogP contribution in [0.25, 0.3) is 0 Å². The predicted octanol–water partition coefficient (Wildman–Crippen LogP) is 1.56. The van der Waals surface area contributed by atoms with Crippen molar-refractivity contribution in [2.45, 2.75) is 19.9 Å². The van der Waals surface area contributed by atoms with Crippen LogP contribution < -0.4 is 5.32 Å². The van der Waals surface area contributed by atoms with E-state index in [0.717, 1.165) is 17.0 Å². The number of halogens is 2. The predicted molar refractivity (Wildman–Crippen MR) is 64.9 cm³/mol. The summed E-state index contributed by atoms with van der Waals surface area (Å²) in [5.41, 5.74) is -0.151. The van der Waals surface area contributed by atoms with Gasteiger partial charge in [-0.1, -0.05) is 13.8 Å². The molecule has 1 aromatic carbocycles. The number of hydrogen-bond acceptors (Lipinski definition) is 3. The van der Waals surface area contributed by atoms with Crippen molar-refractivity contribution in [2.24, 2.45) is 0 Å². The van der Waals surface area contributed by atoms with Crippen LogP contribution in [0.1, 0.15) is 34.6 Å². The van der Waals surface area contributed by atoms with Gasteiger partial charge in [-0.05, 0) is 12.1 Å². The van der Waals surface area contributed by atoms with Crippen molar-refractivity contribution in [3.8, 4) is 0 Å². The van der Waals surface area contributed by atoms with Crippen LogP contribution in [-0.2, 0) is 0 Å². The van der Waals surface area contributed by atoms with Crippen molar-refractivity contribution in [3.05, 3.63) is 34.9 Å². The highest BCUT2D eigenvalue weighted by atomic mass is 19.2. The number of nitrogens with zero attached hydrogens (tertiary/aromatic N) is 1. The Labute approximate surface area is 109 Å². The van der Waals surface area contributed by atoms with Gasteiger partial charge < -0.3 is 5.32 Å². The quantitative estimate of drug-likeness (QED) is 0.843. The molecule has 0 saturated heterocycles. The maximum absolute atomic E-state index is 13.1. The number of imide groups is 1. The number of fused-ring (bicyclic) bond motifs is 1. The Bertz CT molecular complexity index is 503. The van der Waals surface area contributed by atoms with E-state index < -0.39 is 23.4 Å². The minimum Gasteiger partial charge on any atom is -0.313 e. The second kappa shape index (κ2) is 5.05. The minimum absolute atomic E-state index is 0.0755. The van der Waals surface area contributed by atoms with E-state index in [1.807, 2.05) is 13.8 Å². The van der Waals surface area contributed by atoms with Gasteiger partial charge in [-0.15, -0.1) is 0 Å². The summed E-state index contributed by atoms with van der Waals surface area (Å²) in [6, 6.07) is 1.78. The zero-order valence-corrected chi connectivity index (χ0v) is 10.7. The fourth-order valence-corrected chi connectivity index (χ4v) is 1.95. The molecule has 1 aliphatic rings. The average molecular weight is 268 g/mol. The maximum atomic E-state index is 13.1. The molecule has 0 bridgehead atoms. The second-order valence-electron chi connectivity index (χ2n) is 4.68. The first-order valence-electron chi connectivity index (χ1n) is 6.00. The Kier molecular flexibility index (Phi) is 3.61. The van der Waals surface area contributed by atoms with E-state index in [4.69, 9.17) is 0 Å². The van der Waals surface area contributed by atoms with Gasteiger partial charge in [0, 0.05) is 19.1 Å². The molecule has 0 aliphatic carbocycles. The monoisotopic (exact) mass is 268 g/mol. The van der Waals surface area contributed by atoms with Gasteiger partial charge in [-0.3, -0.25) is 14.5 Å². The summed E-state index contributed by atoms with van der Waals surface area (Å²) in [4.78, 5) is 24.9. The number of benzene rings is 1. The van der Waals surface area contributed by atoms with Crippen molar-refractivity contribution in [2.75, 3.05) is 13.1 Å². The highest BCUT2D eigenvalue weighted by Crippen LogP contribution is 2.24. The lowest BCUT2D eigenvalue weighted by molar-refractivity contribution is 0.0654. The first-order chi connectivity index (χ1) is 8.91. The Morgan fingerprint density at radius 3 is 2.00 bits per heavy atom. The topological polar surface area (TPSA) is 49.4 Å². The third-order valence-electron chi connectivity index (χ3n) is 2.90. The smallest absolute Gasteiger partial charge is 0.261 e. The summed E-state index contributed by atoms with van der Waals surface area (Å²) in [5, 5.41) is 3.07. The fraction of sp³-hybridized carbons (Fsp3) is 0.385.